The number of methoxy groups -OCH3 is 2. The molecule has 1 fully saturated rings. The van der Waals surface area contributed by atoms with Gasteiger partial charge in [0.25, 0.3) is 0 Å². The van der Waals surface area contributed by atoms with Crippen LogP contribution in [0.25, 0.3) is 0 Å². The Hall–Kier alpha value is -1.96. The molecule has 0 aromatic heterocycles. The zero-order valence-electron chi connectivity index (χ0n) is 16.2. The van der Waals surface area contributed by atoms with Gasteiger partial charge in [-0.3, -0.25) is 4.99 Å². The first kappa shape index (κ1) is 20.4. The Bertz CT molecular complexity index is 760. The standard InChI is InChI=1S/C18H29N3O4S/c1-18(2)13-21(10-11-26(18,22)23)17(19-3)20-9-8-14-12-15(24-4)6-7-16(14)25-5/h6-7,12H,8-11,13H2,1-5H3,(H,19,20). The van der Waals surface area contributed by atoms with Crippen LogP contribution in [0.1, 0.15) is 19.4 Å². The van der Waals surface area contributed by atoms with E-state index in [0.29, 0.717) is 19.6 Å². The van der Waals surface area contributed by atoms with Crippen molar-refractivity contribution >= 4 is 15.8 Å². The van der Waals surface area contributed by atoms with E-state index in [1.807, 2.05) is 23.1 Å². The summed E-state index contributed by atoms with van der Waals surface area (Å²) in [5, 5.41) is 3.33. The number of nitrogens with zero attached hydrogens (tertiary/aromatic N) is 2. The summed E-state index contributed by atoms with van der Waals surface area (Å²) in [6, 6.07) is 5.71. The third-order valence-electron chi connectivity index (χ3n) is 4.72. The molecule has 0 saturated carbocycles. The van der Waals surface area contributed by atoms with Crippen LogP contribution in [-0.2, 0) is 16.3 Å². The summed E-state index contributed by atoms with van der Waals surface area (Å²) in [6.07, 6.45) is 0.731. The van der Waals surface area contributed by atoms with Gasteiger partial charge in [-0.25, -0.2) is 8.42 Å². The van der Waals surface area contributed by atoms with Gasteiger partial charge in [-0.15, -0.1) is 0 Å². The molecule has 0 unspecified atom stereocenters. The molecule has 146 valence electrons. The predicted octanol–water partition coefficient (Wildman–Crippen LogP) is 1.33. The SMILES string of the molecule is CN=C(NCCc1cc(OC)ccc1OC)N1CCS(=O)(=O)C(C)(C)C1. The van der Waals surface area contributed by atoms with Crippen molar-refractivity contribution in [1.82, 2.24) is 10.2 Å². The highest BCUT2D eigenvalue weighted by molar-refractivity contribution is 7.92. The largest absolute Gasteiger partial charge is 0.497 e. The van der Waals surface area contributed by atoms with E-state index >= 15 is 0 Å². The van der Waals surface area contributed by atoms with Crippen molar-refractivity contribution in [1.29, 1.82) is 0 Å². The van der Waals surface area contributed by atoms with Crippen LogP contribution in [0.15, 0.2) is 23.2 Å². The monoisotopic (exact) mass is 383 g/mol. The second-order valence-electron chi connectivity index (χ2n) is 6.90. The second kappa shape index (κ2) is 8.16. The Kier molecular flexibility index (Phi) is 6.39. The molecule has 1 aliphatic rings. The number of hydrogen-bond acceptors (Lipinski definition) is 5. The van der Waals surface area contributed by atoms with E-state index in [1.165, 1.54) is 0 Å². The number of sulfone groups is 1. The molecule has 26 heavy (non-hydrogen) atoms. The molecule has 1 aromatic rings. The van der Waals surface area contributed by atoms with E-state index in [9.17, 15) is 8.42 Å². The molecule has 8 heteroatoms. The Balaban J connectivity index is 2.00. The maximum Gasteiger partial charge on any atom is 0.193 e. The van der Waals surface area contributed by atoms with Crippen molar-refractivity contribution in [2.75, 3.05) is 46.7 Å². The van der Waals surface area contributed by atoms with Crippen molar-refractivity contribution in [2.45, 2.75) is 25.0 Å². The van der Waals surface area contributed by atoms with Crippen LogP contribution in [0.5, 0.6) is 11.5 Å². The molecular formula is C18H29N3O4S. The van der Waals surface area contributed by atoms with Gasteiger partial charge in [0.2, 0.25) is 0 Å². The highest BCUT2D eigenvalue weighted by Gasteiger charge is 2.40. The first-order valence-electron chi connectivity index (χ1n) is 8.63. The van der Waals surface area contributed by atoms with E-state index in [-0.39, 0.29) is 5.75 Å². The number of guanidine groups is 1. The highest BCUT2D eigenvalue weighted by atomic mass is 32.2. The fourth-order valence-corrected chi connectivity index (χ4v) is 4.41. The average molecular weight is 384 g/mol. The van der Waals surface area contributed by atoms with Gasteiger partial charge in [-0.05, 0) is 44.0 Å². The maximum atomic E-state index is 12.2. The highest BCUT2D eigenvalue weighted by Crippen LogP contribution is 2.25. The third-order valence-corrected chi connectivity index (χ3v) is 7.25. The van der Waals surface area contributed by atoms with Gasteiger partial charge in [0.1, 0.15) is 11.5 Å². The van der Waals surface area contributed by atoms with Gasteiger partial charge in [0.05, 0.1) is 24.7 Å². The lowest BCUT2D eigenvalue weighted by Crippen LogP contribution is -2.57. The Labute approximate surface area is 156 Å². The van der Waals surface area contributed by atoms with Gasteiger partial charge in [0, 0.05) is 26.7 Å². The van der Waals surface area contributed by atoms with Gasteiger partial charge in [-0.1, -0.05) is 0 Å². The van der Waals surface area contributed by atoms with Gasteiger partial charge in [0.15, 0.2) is 15.8 Å². The maximum absolute atomic E-state index is 12.2. The molecule has 0 bridgehead atoms. The molecule has 1 aliphatic heterocycles. The Morgan fingerprint density at radius 3 is 2.62 bits per heavy atom. The van der Waals surface area contributed by atoms with Crippen molar-refractivity contribution in [3.8, 4) is 11.5 Å². The summed E-state index contributed by atoms with van der Waals surface area (Å²) in [4.78, 5) is 6.32. The molecule has 0 atom stereocenters. The van der Waals surface area contributed by atoms with Crippen LogP contribution >= 0.6 is 0 Å². The fourth-order valence-electron chi connectivity index (χ4n) is 3.04. The molecule has 0 amide bonds. The van der Waals surface area contributed by atoms with Gasteiger partial charge < -0.3 is 19.7 Å². The fraction of sp³-hybridized carbons (Fsp3) is 0.611. The lowest BCUT2D eigenvalue weighted by Gasteiger charge is -2.39. The first-order valence-corrected chi connectivity index (χ1v) is 10.3. The lowest BCUT2D eigenvalue weighted by molar-refractivity contribution is 0.353. The van der Waals surface area contributed by atoms with Crippen molar-refractivity contribution in [2.24, 2.45) is 4.99 Å². The summed E-state index contributed by atoms with van der Waals surface area (Å²) in [7, 11) is 1.93. The Morgan fingerprint density at radius 1 is 1.31 bits per heavy atom. The number of aliphatic imine (C=N–C) groups is 1. The number of benzene rings is 1. The summed E-state index contributed by atoms with van der Waals surface area (Å²) in [5.41, 5.74) is 1.04. The summed E-state index contributed by atoms with van der Waals surface area (Å²) < 4.78 is 34.3. The van der Waals surface area contributed by atoms with Gasteiger partial charge >= 0.3 is 0 Å². The smallest absolute Gasteiger partial charge is 0.193 e. The second-order valence-corrected chi connectivity index (χ2v) is 9.64. The minimum Gasteiger partial charge on any atom is -0.497 e. The van der Waals surface area contributed by atoms with Gasteiger partial charge in [-0.2, -0.15) is 0 Å². The normalized spacial score (nSPS) is 19.1. The van der Waals surface area contributed by atoms with Crippen LogP contribution in [0.4, 0.5) is 0 Å². The lowest BCUT2D eigenvalue weighted by atomic mass is 10.1. The molecule has 1 N–H and O–H groups in total. The number of ether oxygens (including phenoxy) is 2. The number of nitrogens with one attached hydrogen (secondary N) is 1. The summed E-state index contributed by atoms with van der Waals surface area (Å²) in [6.45, 7) is 5.07. The van der Waals surface area contributed by atoms with Crippen LogP contribution in [0, 0.1) is 0 Å². The molecule has 0 radical (unpaired) electrons. The third kappa shape index (κ3) is 4.41. The van der Waals surface area contributed by atoms with E-state index in [2.05, 4.69) is 10.3 Å². The van der Waals surface area contributed by atoms with E-state index < -0.39 is 14.6 Å². The van der Waals surface area contributed by atoms with Crippen molar-refractivity contribution < 1.29 is 17.9 Å². The Morgan fingerprint density at radius 2 is 2.04 bits per heavy atom. The zero-order valence-corrected chi connectivity index (χ0v) is 17.0. The van der Waals surface area contributed by atoms with E-state index in [0.717, 1.165) is 29.4 Å². The molecule has 1 saturated heterocycles. The molecule has 0 spiro atoms. The van der Waals surface area contributed by atoms with Crippen LogP contribution in [-0.4, -0.2) is 70.7 Å². The molecule has 0 aliphatic carbocycles. The number of hydrogen-bond donors (Lipinski definition) is 1. The summed E-state index contributed by atoms with van der Waals surface area (Å²) in [5.74, 6) is 2.46. The quantitative estimate of drug-likeness (QED) is 0.610. The van der Waals surface area contributed by atoms with Crippen LogP contribution < -0.4 is 14.8 Å². The van der Waals surface area contributed by atoms with Crippen molar-refractivity contribution in [3.63, 3.8) is 0 Å². The molecule has 1 heterocycles. The zero-order chi connectivity index (χ0) is 19.4. The topological polar surface area (TPSA) is 80.2 Å². The van der Waals surface area contributed by atoms with Crippen LogP contribution in [0.3, 0.4) is 0 Å². The predicted molar refractivity (Wildman–Crippen MR) is 104 cm³/mol. The number of rotatable bonds is 5. The van der Waals surface area contributed by atoms with Crippen molar-refractivity contribution in [3.05, 3.63) is 23.8 Å². The van der Waals surface area contributed by atoms with E-state index in [1.54, 1.807) is 35.1 Å². The minimum atomic E-state index is -3.07. The van der Waals surface area contributed by atoms with Crippen LogP contribution in [0.2, 0.25) is 0 Å². The molecule has 1 aromatic carbocycles. The summed E-state index contributed by atoms with van der Waals surface area (Å²) >= 11 is 0. The molecule has 7 nitrogen and oxygen atoms in total. The minimum absolute atomic E-state index is 0.143. The van der Waals surface area contributed by atoms with E-state index in [4.69, 9.17) is 9.47 Å². The first-order chi connectivity index (χ1) is 12.2. The molecule has 2 rings (SSSR count). The average Bonchev–Trinajstić information content (AvgIpc) is 2.61. The molecular weight excluding hydrogens is 354 g/mol.